The Balaban J connectivity index is -0.0000000184. The molecule has 0 atom stereocenters. The molecule has 0 bridgehead atoms. The van der Waals surface area contributed by atoms with Crippen LogP contribution in [0.1, 0.15) is 0 Å². The molecule has 0 aromatic carbocycles. The van der Waals surface area contributed by atoms with E-state index in [-0.39, 0.29) is 82.0 Å². The van der Waals surface area contributed by atoms with Gasteiger partial charge in [-0.1, -0.05) is 0 Å². The summed E-state index contributed by atoms with van der Waals surface area (Å²) in [7, 11) is 0. The molecule has 0 aliphatic rings. The molecule has 0 aromatic heterocycles. The quantitative estimate of drug-likeness (QED) is 0.132. The summed E-state index contributed by atoms with van der Waals surface area (Å²) in [6.45, 7) is 0. The molecule has 0 aromatic rings. The Labute approximate surface area is 166 Å². The van der Waals surface area contributed by atoms with Gasteiger partial charge in [-0.15, -0.1) is 0 Å². The van der Waals surface area contributed by atoms with Crippen LogP contribution in [0.25, 0.3) is 0 Å². The summed E-state index contributed by atoms with van der Waals surface area (Å²) < 4.78 is 69.8. The van der Waals surface area contributed by atoms with Crippen LogP contribution in [0.2, 0.25) is 0 Å². The topological polar surface area (TPSA) is 173 Å². The van der Waals surface area contributed by atoms with E-state index in [1.807, 2.05) is 0 Å². The van der Waals surface area contributed by atoms with Gasteiger partial charge in [0.1, 0.15) is 0 Å². The Hall–Kier alpha value is 4.07. The SMILES string of the molecule is [BiH3].[BiH3].[NaH].[O]=[Ti]([OH])[OH].[O]=[Ti]([OH])[OH].[O]=[Ti]([OH])[OH]. The van der Waals surface area contributed by atoms with Gasteiger partial charge in [0, 0.05) is 0 Å². The van der Waals surface area contributed by atoms with Crippen LogP contribution in [0, 0.1) is 0 Å². The average Bonchev–Trinajstić information content (AvgIpc) is 1.54. The van der Waals surface area contributed by atoms with Crippen LogP contribution in [0.5, 0.6) is 0 Å². The Morgan fingerprint density at radius 2 is 0.533 bits per heavy atom. The zero-order valence-corrected chi connectivity index (χ0v) is 22.5. The molecule has 6 N–H and O–H groups in total. The van der Waals surface area contributed by atoms with Crippen LogP contribution in [-0.4, -0.2) is 104 Å². The van der Waals surface area contributed by atoms with Crippen LogP contribution >= 0.6 is 0 Å². The standard InChI is InChI=1S/2Bi.Na.6H2O.3O.3Ti.7H/h;;;6*1H2;;;;;;;;;;;;;/q;;;;;;;;;;;;3*+2;;;;;;;/p-6. The monoisotopic (exact) mass is 742 g/mol. The first kappa shape index (κ1) is 36.5. The van der Waals surface area contributed by atoms with Crippen molar-refractivity contribution in [2.24, 2.45) is 0 Å². The first-order chi connectivity index (χ1) is 5.20. The second-order valence-corrected chi connectivity index (χ2v) is 3.50. The Morgan fingerprint density at radius 1 is 0.533 bits per heavy atom. The van der Waals surface area contributed by atoms with E-state index in [0.717, 1.165) is 0 Å². The molecule has 0 aliphatic carbocycles. The molecule has 0 radical (unpaired) electrons. The van der Waals surface area contributed by atoms with Crippen LogP contribution < -0.4 is 0 Å². The molecule has 90 valence electrons. The molecule has 0 saturated heterocycles. The van der Waals surface area contributed by atoms with Crippen molar-refractivity contribution in [2.75, 3.05) is 0 Å². The van der Waals surface area contributed by atoms with Gasteiger partial charge in [0.25, 0.3) is 0 Å². The number of hydrogen-bond donors (Lipinski definition) is 6. The van der Waals surface area contributed by atoms with Crippen LogP contribution in [-0.2, 0) is 65.8 Å². The molecule has 0 unspecified atom stereocenters. The van der Waals surface area contributed by atoms with Crippen molar-refractivity contribution in [1.29, 1.82) is 0 Å². The van der Waals surface area contributed by atoms with E-state index in [0.29, 0.717) is 0 Å². The third-order valence-corrected chi connectivity index (χ3v) is 0. The molecule has 0 fully saturated rings. The van der Waals surface area contributed by atoms with Crippen molar-refractivity contribution in [1.82, 2.24) is 0 Å². The molecule has 0 spiro atoms. The predicted molar refractivity (Wildman–Crippen MR) is 42.4 cm³/mol. The van der Waals surface area contributed by atoms with Gasteiger partial charge in [-0.05, 0) is 0 Å². The minimum absolute atomic E-state index is 0. The summed E-state index contributed by atoms with van der Waals surface area (Å²) in [6.07, 6.45) is 0. The first-order valence-corrected chi connectivity index (χ1v) is 8.06. The van der Waals surface area contributed by atoms with Crippen molar-refractivity contribution in [3.63, 3.8) is 0 Å². The Bertz CT molecular complexity index is 121. The van der Waals surface area contributed by atoms with Crippen LogP contribution in [0.3, 0.4) is 0 Å². The van der Waals surface area contributed by atoms with E-state index in [9.17, 15) is 0 Å². The van der Waals surface area contributed by atoms with Gasteiger partial charge in [-0.3, -0.25) is 0 Å². The molecule has 15 heteroatoms. The maximum absolute atomic E-state index is 8.81. The van der Waals surface area contributed by atoms with Gasteiger partial charge in [-0.25, -0.2) is 0 Å². The second-order valence-electron chi connectivity index (χ2n) is 0.848. The number of hydrogen-bond acceptors (Lipinski definition) is 3. The molecular formula is H13Bi2NaO9Ti3. The van der Waals surface area contributed by atoms with E-state index in [2.05, 4.69) is 0 Å². The van der Waals surface area contributed by atoms with E-state index in [1.165, 1.54) is 0 Å². The van der Waals surface area contributed by atoms with E-state index >= 15 is 0 Å². The van der Waals surface area contributed by atoms with E-state index in [4.69, 9.17) is 32.1 Å². The van der Waals surface area contributed by atoms with Crippen molar-refractivity contribution < 1.29 is 88.0 Å². The third kappa shape index (κ3) is 282. The van der Waals surface area contributed by atoms with Crippen LogP contribution in [0.4, 0.5) is 0 Å². The number of rotatable bonds is 0. The van der Waals surface area contributed by atoms with Crippen molar-refractivity contribution in [2.45, 2.75) is 0 Å². The fourth-order valence-electron chi connectivity index (χ4n) is 0. The van der Waals surface area contributed by atoms with E-state index < -0.39 is 55.8 Å². The molecule has 0 saturated carbocycles. The molecule has 0 aliphatic heterocycles. The average molecular weight is 742 g/mol. The molecule has 0 heterocycles. The van der Waals surface area contributed by atoms with Gasteiger partial charge >= 0.3 is 170 Å². The van der Waals surface area contributed by atoms with Gasteiger partial charge in [0.2, 0.25) is 0 Å². The minimum atomic E-state index is -3.58. The van der Waals surface area contributed by atoms with Crippen LogP contribution in [0.15, 0.2) is 0 Å². The molecule has 0 amide bonds. The summed E-state index contributed by atoms with van der Waals surface area (Å²) in [5.41, 5.74) is 0. The maximum atomic E-state index is 8.81. The van der Waals surface area contributed by atoms with Gasteiger partial charge in [-0.2, -0.15) is 0 Å². The summed E-state index contributed by atoms with van der Waals surface area (Å²) in [5, 5.41) is 0. The first-order valence-electron chi connectivity index (χ1n) is 1.95. The van der Waals surface area contributed by atoms with Gasteiger partial charge in [0.05, 0.1) is 0 Å². The Morgan fingerprint density at radius 3 is 0.533 bits per heavy atom. The van der Waals surface area contributed by atoms with Gasteiger partial charge < -0.3 is 0 Å². The van der Waals surface area contributed by atoms with Gasteiger partial charge in [0.15, 0.2) is 0 Å². The molecular weight excluding hydrogens is 729 g/mol. The summed E-state index contributed by atoms with van der Waals surface area (Å²) in [6, 6.07) is 0. The summed E-state index contributed by atoms with van der Waals surface area (Å²) in [4.78, 5) is 0. The summed E-state index contributed by atoms with van der Waals surface area (Å²) in [5.74, 6) is 0. The van der Waals surface area contributed by atoms with Crippen molar-refractivity contribution >= 4 is 82.0 Å². The molecule has 15 heavy (non-hydrogen) atoms. The van der Waals surface area contributed by atoms with E-state index in [1.54, 1.807) is 0 Å². The fourth-order valence-corrected chi connectivity index (χ4v) is 0. The third-order valence-electron chi connectivity index (χ3n) is 0. The fraction of sp³-hybridized carbons (Fsp3) is 0. The predicted octanol–water partition coefficient (Wildman–Crippen LogP) is -6.72. The zero-order chi connectivity index (χ0) is 10.7. The molecule has 9 nitrogen and oxygen atoms in total. The van der Waals surface area contributed by atoms with Crippen molar-refractivity contribution in [3.8, 4) is 0 Å². The normalized spacial score (nSPS) is 5.20. The Kier molecular flexibility index (Phi) is 74.9. The summed E-state index contributed by atoms with van der Waals surface area (Å²) >= 11 is -10.8. The van der Waals surface area contributed by atoms with Crippen molar-refractivity contribution in [3.05, 3.63) is 0 Å². The second kappa shape index (κ2) is 30.8. The zero-order valence-electron chi connectivity index (χ0n) is 6.82. The molecule has 0 rings (SSSR count).